The molecule has 0 unspecified atom stereocenters. The fourth-order valence-corrected chi connectivity index (χ4v) is 2.85. The van der Waals surface area contributed by atoms with E-state index in [1.54, 1.807) is 11.8 Å². The second-order valence-corrected chi connectivity index (χ2v) is 6.05. The van der Waals surface area contributed by atoms with Gasteiger partial charge in [-0.25, -0.2) is 0 Å². The molecule has 0 amide bonds. The van der Waals surface area contributed by atoms with Gasteiger partial charge in [-0.15, -0.1) is 11.8 Å². The highest BCUT2D eigenvalue weighted by Crippen LogP contribution is 2.30. The molecule has 0 atom stereocenters. The van der Waals surface area contributed by atoms with Gasteiger partial charge < -0.3 is 5.32 Å². The van der Waals surface area contributed by atoms with Crippen LogP contribution in [0.5, 0.6) is 0 Å². The van der Waals surface area contributed by atoms with Gasteiger partial charge in [-0.3, -0.25) is 0 Å². The molecule has 0 heterocycles. The lowest BCUT2D eigenvalue weighted by Crippen LogP contribution is -2.19. The predicted octanol–water partition coefficient (Wildman–Crippen LogP) is 4.09. The van der Waals surface area contributed by atoms with E-state index in [9.17, 15) is 0 Å². The molecule has 0 aromatic heterocycles. The molecular weight excluding hydrogens is 261 g/mol. The summed E-state index contributed by atoms with van der Waals surface area (Å²) in [7, 11) is 0. The van der Waals surface area contributed by atoms with Crippen molar-refractivity contribution in [3.8, 4) is 0 Å². The molecule has 2 rings (SSSR count). The van der Waals surface area contributed by atoms with E-state index in [1.165, 1.54) is 19.4 Å². The van der Waals surface area contributed by atoms with Gasteiger partial charge in [-0.2, -0.15) is 0 Å². The van der Waals surface area contributed by atoms with Gasteiger partial charge >= 0.3 is 0 Å². The predicted molar refractivity (Wildman–Crippen MR) is 72.8 cm³/mol. The molecule has 1 aromatic rings. The Balaban J connectivity index is 1.69. The van der Waals surface area contributed by atoms with Crippen LogP contribution in [0.15, 0.2) is 23.1 Å². The van der Waals surface area contributed by atoms with Gasteiger partial charge in [0.15, 0.2) is 0 Å². The van der Waals surface area contributed by atoms with Crippen LogP contribution >= 0.6 is 35.0 Å². The van der Waals surface area contributed by atoms with Crippen LogP contribution in [0.3, 0.4) is 0 Å². The van der Waals surface area contributed by atoms with E-state index in [0.29, 0.717) is 0 Å². The van der Waals surface area contributed by atoms with Crippen molar-refractivity contribution in [3.05, 3.63) is 28.2 Å². The van der Waals surface area contributed by atoms with E-state index in [2.05, 4.69) is 5.32 Å². The highest BCUT2D eigenvalue weighted by atomic mass is 35.5. The quantitative estimate of drug-likeness (QED) is 0.620. The van der Waals surface area contributed by atoms with Crippen LogP contribution in [0.25, 0.3) is 0 Å². The van der Waals surface area contributed by atoms with Gasteiger partial charge in [0.05, 0.1) is 5.02 Å². The van der Waals surface area contributed by atoms with E-state index < -0.39 is 0 Å². The molecular formula is C12H15Cl2NS. The maximum absolute atomic E-state index is 6.07. The van der Waals surface area contributed by atoms with E-state index in [-0.39, 0.29) is 0 Å². The Morgan fingerprint density at radius 3 is 2.88 bits per heavy atom. The van der Waals surface area contributed by atoms with Crippen molar-refractivity contribution >= 4 is 35.0 Å². The van der Waals surface area contributed by atoms with Crippen LogP contribution in [0, 0.1) is 5.92 Å². The maximum Gasteiger partial charge on any atom is 0.0542 e. The Morgan fingerprint density at radius 1 is 1.31 bits per heavy atom. The Kier molecular flexibility index (Phi) is 4.83. The summed E-state index contributed by atoms with van der Waals surface area (Å²) in [5.41, 5.74) is 0. The summed E-state index contributed by atoms with van der Waals surface area (Å²) in [6.45, 7) is 2.20. The maximum atomic E-state index is 6.07. The lowest BCUT2D eigenvalue weighted by Gasteiger charge is -2.05. The van der Waals surface area contributed by atoms with Crippen molar-refractivity contribution in [2.75, 3.05) is 18.8 Å². The molecule has 1 saturated carbocycles. The Morgan fingerprint density at radius 2 is 2.12 bits per heavy atom. The third-order valence-corrected chi connectivity index (χ3v) is 4.29. The minimum atomic E-state index is 0.748. The van der Waals surface area contributed by atoms with Crippen molar-refractivity contribution in [3.63, 3.8) is 0 Å². The van der Waals surface area contributed by atoms with Crippen molar-refractivity contribution in [1.82, 2.24) is 5.32 Å². The Bertz CT molecular complexity index is 353. The summed E-state index contributed by atoms with van der Waals surface area (Å²) in [6.07, 6.45) is 2.81. The number of thioether (sulfide) groups is 1. The fraction of sp³-hybridized carbons (Fsp3) is 0.500. The molecule has 0 spiro atoms. The molecule has 16 heavy (non-hydrogen) atoms. The zero-order valence-corrected chi connectivity index (χ0v) is 11.3. The second kappa shape index (κ2) is 6.15. The summed E-state index contributed by atoms with van der Waals surface area (Å²) in [5, 5.41) is 4.99. The van der Waals surface area contributed by atoms with E-state index in [4.69, 9.17) is 23.2 Å². The molecule has 1 N–H and O–H groups in total. The SMILES string of the molecule is Clc1ccc(Cl)c(SCCNCC2CC2)c1. The first-order valence-electron chi connectivity index (χ1n) is 5.54. The van der Waals surface area contributed by atoms with Crippen molar-refractivity contribution in [2.24, 2.45) is 5.92 Å². The van der Waals surface area contributed by atoms with Crippen LogP contribution in [0.2, 0.25) is 10.0 Å². The normalized spacial score (nSPS) is 15.4. The van der Waals surface area contributed by atoms with Crippen LogP contribution in [0.4, 0.5) is 0 Å². The highest BCUT2D eigenvalue weighted by molar-refractivity contribution is 7.99. The molecule has 0 radical (unpaired) electrons. The lowest BCUT2D eigenvalue weighted by atomic mass is 10.4. The minimum Gasteiger partial charge on any atom is -0.316 e. The fourth-order valence-electron chi connectivity index (χ4n) is 1.45. The molecule has 0 aliphatic heterocycles. The van der Waals surface area contributed by atoms with Crippen LogP contribution in [-0.2, 0) is 0 Å². The van der Waals surface area contributed by atoms with Crippen LogP contribution in [0.1, 0.15) is 12.8 Å². The number of nitrogens with one attached hydrogen (secondary N) is 1. The lowest BCUT2D eigenvalue weighted by molar-refractivity contribution is 0.666. The monoisotopic (exact) mass is 275 g/mol. The van der Waals surface area contributed by atoms with E-state index >= 15 is 0 Å². The molecule has 1 aliphatic rings. The summed E-state index contributed by atoms with van der Waals surface area (Å²) < 4.78 is 0. The van der Waals surface area contributed by atoms with Crippen LogP contribution in [-0.4, -0.2) is 18.8 Å². The largest absolute Gasteiger partial charge is 0.316 e. The molecule has 1 aliphatic carbocycles. The average Bonchev–Trinajstić information content (AvgIpc) is 3.06. The van der Waals surface area contributed by atoms with E-state index in [0.717, 1.165) is 33.2 Å². The Labute approximate surface area is 111 Å². The number of benzene rings is 1. The summed E-state index contributed by atoms with van der Waals surface area (Å²) in [4.78, 5) is 1.07. The Hall–Kier alpha value is 0.110. The summed E-state index contributed by atoms with van der Waals surface area (Å²) in [5.74, 6) is 1.98. The zero-order chi connectivity index (χ0) is 11.4. The average molecular weight is 276 g/mol. The van der Waals surface area contributed by atoms with Gasteiger partial charge in [0.25, 0.3) is 0 Å². The van der Waals surface area contributed by atoms with Crippen molar-refractivity contribution in [2.45, 2.75) is 17.7 Å². The summed E-state index contributed by atoms with van der Waals surface area (Å²) >= 11 is 13.7. The summed E-state index contributed by atoms with van der Waals surface area (Å²) in [6, 6.07) is 5.60. The van der Waals surface area contributed by atoms with Crippen molar-refractivity contribution < 1.29 is 0 Å². The van der Waals surface area contributed by atoms with Gasteiger partial charge in [0.1, 0.15) is 0 Å². The molecule has 0 bridgehead atoms. The number of hydrogen-bond acceptors (Lipinski definition) is 2. The topological polar surface area (TPSA) is 12.0 Å². The molecule has 1 nitrogen and oxygen atoms in total. The standard InChI is InChI=1S/C12H15Cl2NS/c13-10-3-4-11(14)12(7-10)16-6-5-15-8-9-1-2-9/h3-4,7,9,15H,1-2,5-6,8H2. The molecule has 4 heteroatoms. The van der Waals surface area contributed by atoms with Gasteiger partial charge in [0.2, 0.25) is 0 Å². The van der Waals surface area contributed by atoms with Gasteiger partial charge in [-0.1, -0.05) is 23.2 Å². The number of hydrogen-bond donors (Lipinski definition) is 1. The van der Waals surface area contributed by atoms with Gasteiger partial charge in [0, 0.05) is 22.2 Å². The first-order chi connectivity index (χ1) is 7.75. The third kappa shape index (κ3) is 4.17. The molecule has 1 aromatic carbocycles. The second-order valence-electron chi connectivity index (χ2n) is 4.07. The first-order valence-corrected chi connectivity index (χ1v) is 7.28. The number of rotatable bonds is 6. The van der Waals surface area contributed by atoms with Crippen LogP contribution < -0.4 is 5.32 Å². The van der Waals surface area contributed by atoms with E-state index in [1.807, 2.05) is 18.2 Å². The minimum absolute atomic E-state index is 0.748. The number of halogens is 2. The molecule has 88 valence electrons. The van der Waals surface area contributed by atoms with Crippen molar-refractivity contribution in [1.29, 1.82) is 0 Å². The smallest absolute Gasteiger partial charge is 0.0542 e. The third-order valence-electron chi connectivity index (χ3n) is 2.56. The molecule has 1 fully saturated rings. The zero-order valence-electron chi connectivity index (χ0n) is 9.01. The molecule has 0 saturated heterocycles. The van der Waals surface area contributed by atoms with Gasteiger partial charge in [-0.05, 0) is 43.5 Å². The highest BCUT2D eigenvalue weighted by Gasteiger charge is 2.19. The first kappa shape index (κ1) is 12.6.